The van der Waals surface area contributed by atoms with Crippen LogP contribution in [0.5, 0.6) is 0 Å². The van der Waals surface area contributed by atoms with Crippen LogP contribution in [0.1, 0.15) is 47.7 Å². The quantitative estimate of drug-likeness (QED) is 0.827. The van der Waals surface area contributed by atoms with E-state index in [2.05, 4.69) is 4.72 Å². The molecule has 0 unspecified atom stereocenters. The fraction of sp³-hybridized carbons (Fsp3) is 0.278. The Morgan fingerprint density at radius 1 is 1.21 bits per heavy atom. The first-order chi connectivity index (χ1) is 11.3. The smallest absolute Gasteiger partial charge is 0.335 e. The van der Waals surface area contributed by atoms with Gasteiger partial charge in [-0.1, -0.05) is 38.1 Å². The molecule has 0 aliphatic rings. The third-order valence-electron chi connectivity index (χ3n) is 4.07. The second-order valence-electron chi connectivity index (χ2n) is 5.79. The third-order valence-corrected chi connectivity index (χ3v) is 5.58. The monoisotopic (exact) mass is 347 g/mol. The molecule has 0 spiro atoms. The summed E-state index contributed by atoms with van der Waals surface area (Å²) in [5, 5.41) is 9.09. The van der Waals surface area contributed by atoms with Crippen molar-refractivity contribution in [2.45, 2.75) is 38.0 Å². The van der Waals surface area contributed by atoms with Crippen molar-refractivity contribution in [1.82, 2.24) is 0 Å². The van der Waals surface area contributed by atoms with Crippen molar-refractivity contribution in [2.24, 2.45) is 0 Å². The number of carboxylic acids is 1. The van der Waals surface area contributed by atoms with Gasteiger partial charge in [-0.05, 0) is 48.6 Å². The fourth-order valence-electron chi connectivity index (χ4n) is 2.46. The lowest BCUT2D eigenvalue weighted by molar-refractivity contribution is 0.0696. The van der Waals surface area contributed by atoms with Crippen molar-refractivity contribution in [2.75, 3.05) is 4.72 Å². The minimum absolute atomic E-state index is 0.0265. The molecule has 2 aromatic carbocycles. The molecule has 0 aliphatic heterocycles. The number of para-hydroxylation sites is 1. The standard InChI is InChI=1S/C18H21NO4S/c1-4-12(2)15-7-5-6-8-16(15)19-24(22,23)17-11-14(18(20)21)10-9-13(17)3/h5-12,19H,4H2,1-3H3,(H,20,21)/t12-/m0/s1. The number of anilines is 1. The highest BCUT2D eigenvalue weighted by Gasteiger charge is 2.21. The largest absolute Gasteiger partial charge is 0.478 e. The molecule has 0 amide bonds. The summed E-state index contributed by atoms with van der Waals surface area (Å²) in [6, 6.07) is 11.3. The minimum Gasteiger partial charge on any atom is -0.478 e. The Bertz CT molecular complexity index is 859. The maximum absolute atomic E-state index is 12.8. The number of carbonyl (C=O) groups is 1. The number of carboxylic acid groups (broad SMARTS) is 1. The van der Waals surface area contributed by atoms with E-state index >= 15 is 0 Å². The van der Waals surface area contributed by atoms with E-state index in [1.54, 1.807) is 19.1 Å². The molecule has 0 aromatic heterocycles. The maximum atomic E-state index is 12.8. The molecule has 0 bridgehead atoms. The highest BCUT2D eigenvalue weighted by Crippen LogP contribution is 2.29. The van der Waals surface area contributed by atoms with E-state index < -0.39 is 16.0 Å². The predicted octanol–water partition coefficient (Wildman–Crippen LogP) is 4.01. The van der Waals surface area contributed by atoms with Gasteiger partial charge in [-0.2, -0.15) is 0 Å². The zero-order valence-corrected chi connectivity index (χ0v) is 14.7. The fourth-order valence-corrected chi connectivity index (χ4v) is 3.82. The van der Waals surface area contributed by atoms with E-state index in [-0.39, 0.29) is 16.4 Å². The summed E-state index contributed by atoms with van der Waals surface area (Å²) in [6.45, 7) is 5.71. The van der Waals surface area contributed by atoms with Crippen molar-refractivity contribution >= 4 is 21.7 Å². The summed E-state index contributed by atoms with van der Waals surface area (Å²) < 4.78 is 28.1. The SMILES string of the molecule is CC[C@H](C)c1ccccc1NS(=O)(=O)c1cc(C(=O)O)ccc1C. The van der Waals surface area contributed by atoms with Crippen LogP contribution in [-0.4, -0.2) is 19.5 Å². The Labute approximate surface area is 142 Å². The lowest BCUT2D eigenvalue weighted by Gasteiger charge is -2.17. The van der Waals surface area contributed by atoms with Crippen LogP contribution in [0.3, 0.4) is 0 Å². The molecule has 0 radical (unpaired) electrons. The Balaban J connectivity index is 2.47. The number of hydrogen-bond acceptors (Lipinski definition) is 3. The van der Waals surface area contributed by atoms with Crippen LogP contribution in [0, 0.1) is 6.92 Å². The molecule has 2 N–H and O–H groups in total. The van der Waals surface area contributed by atoms with Crippen molar-refractivity contribution in [1.29, 1.82) is 0 Å². The van der Waals surface area contributed by atoms with Gasteiger partial charge >= 0.3 is 5.97 Å². The molecule has 5 nitrogen and oxygen atoms in total. The predicted molar refractivity (Wildman–Crippen MR) is 94.1 cm³/mol. The molecule has 2 aromatic rings. The van der Waals surface area contributed by atoms with Gasteiger partial charge in [-0.25, -0.2) is 13.2 Å². The molecule has 24 heavy (non-hydrogen) atoms. The Morgan fingerprint density at radius 3 is 2.50 bits per heavy atom. The van der Waals surface area contributed by atoms with Crippen molar-refractivity contribution < 1.29 is 18.3 Å². The number of nitrogens with one attached hydrogen (secondary N) is 1. The van der Waals surface area contributed by atoms with Crippen LogP contribution in [-0.2, 0) is 10.0 Å². The first-order valence-corrected chi connectivity index (χ1v) is 9.20. The first kappa shape index (κ1) is 18.0. The van der Waals surface area contributed by atoms with Crippen LogP contribution in [0.2, 0.25) is 0 Å². The second kappa shape index (κ2) is 7.05. The second-order valence-corrected chi connectivity index (χ2v) is 7.44. The molecule has 1 atom stereocenters. The average molecular weight is 347 g/mol. The number of aromatic carboxylic acids is 1. The van der Waals surface area contributed by atoms with Crippen LogP contribution in [0.25, 0.3) is 0 Å². The summed E-state index contributed by atoms with van der Waals surface area (Å²) in [4.78, 5) is 11.1. The zero-order chi connectivity index (χ0) is 17.9. The van der Waals surface area contributed by atoms with Gasteiger partial charge in [0.05, 0.1) is 16.1 Å². The van der Waals surface area contributed by atoms with Gasteiger partial charge in [0, 0.05) is 0 Å². The van der Waals surface area contributed by atoms with Gasteiger partial charge in [0.25, 0.3) is 10.0 Å². The summed E-state index contributed by atoms with van der Waals surface area (Å²) >= 11 is 0. The van der Waals surface area contributed by atoms with Gasteiger partial charge in [-0.15, -0.1) is 0 Å². The minimum atomic E-state index is -3.88. The van der Waals surface area contributed by atoms with Gasteiger partial charge < -0.3 is 5.11 Å². The summed E-state index contributed by atoms with van der Waals surface area (Å²) in [5.41, 5.74) is 1.87. The highest BCUT2D eigenvalue weighted by molar-refractivity contribution is 7.92. The van der Waals surface area contributed by atoms with E-state index in [4.69, 9.17) is 5.11 Å². The van der Waals surface area contributed by atoms with E-state index in [1.165, 1.54) is 18.2 Å². The first-order valence-electron chi connectivity index (χ1n) is 7.72. The van der Waals surface area contributed by atoms with Gasteiger partial charge in [0.2, 0.25) is 0 Å². The van der Waals surface area contributed by atoms with E-state index in [0.29, 0.717) is 11.3 Å². The van der Waals surface area contributed by atoms with Crippen molar-refractivity contribution in [3.05, 3.63) is 59.2 Å². The van der Waals surface area contributed by atoms with Gasteiger partial charge in [0.15, 0.2) is 0 Å². The van der Waals surface area contributed by atoms with E-state index in [9.17, 15) is 13.2 Å². The molecule has 2 rings (SSSR count). The highest BCUT2D eigenvalue weighted by atomic mass is 32.2. The molecule has 0 aliphatic carbocycles. The lowest BCUT2D eigenvalue weighted by Crippen LogP contribution is -2.16. The molecule has 0 saturated heterocycles. The van der Waals surface area contributed by atoms with Crippen LogP contribution in [0.15, 0.2) is 47.4 Å². The number of hydrogen-bond donors (Lipinski definition) is 2. The van der Waals surface area contributed by atoms with Crippen LogP contribution in [0.4, 0.5) is 5.69 Å². The summed E-state index contributed by atoms with van der Waals surface area (Å²) in [7, 11) is -3.88. The summed E-state index contributed by atoms with van der Waals surface area (Å²) in [5.74, 6) is -0.957. The number of sulfonamides is 1. The molecule has 0 saturated carbocycles. The van der Waals surface area contributed by atoms with Crippen molar-refractivity contribution in [3.8, 4) is 0 Å². The Hall–Kier alpha value is -2.34. The van der Waals surface area contributed by atoms with E-state index in [1.807, 2.05) is 26.0 Å². The zero-order valence-electron chi connectivity index (χ0n) is 13.9. The molecule has 128 valence electrons. The third kappa shape index (κ3) is 3.76. The number of rotatable bonds is 6. The van der Waals surface area contributed by atoms with Gasteiger partial charge in [0.1, 0.15) is 0 Å². The normalized spacial score (nSPS) is 12.6. The van der Waals surface area contributed by atoms with Gasteiger partial charge in [-0.3, -0.25) is 4.72 Å². The molecule has 0 fully saturated rings. The Kier molecular flexibility index (Phi) is 5.29. The van der Waals surface area contributed by atoms with E-state index in [0.717, 1.165) is 12.0 Å². The maximum Gasteiger partial charge on any atom is 0.335 e. The average Bonchev–Trinajstić information content (AvgIpc) is 2.54. The van der Waals surface area contributed by atoms with Crippen molar-refractivity contribution in [3.63, 3.8) is 0 Å². The number of aryl methyl sites for hydroxylation is 1. The molecular formula is C18H21NO4S. The van der Waals surface area contributed by atoms with Crippen LogP contribution >= 0.6 is 0 Å². The molecule has 6 heteroatoms. The molecule has 0 heterocycles. The number of benzene rings is 2. The summed E-state index contributed by atoms with van der Waals surface area (Å²) in [6.07, 6.45) is 0.881. The Morgan fingerprint density at radius 2 is 1.88 bits per heavy atom. The van der Waals surface area contributed by atoms with Crippen LogP contribution < -0.4 is 4.72 Å². The molecular weight excluding hydrogens is 326 g/mol. The topological polar surface area (TPSA) is 83.5 Å². The lowest BCUT2D eigenvalue weighted by atomic mass is 9.97.